The van der Waals surface area contributed by atoms with Gasteiger partial charge in [0.05, 0.1) is 20.8 Å². The van der Waals surface area contributed by atoms with Crippen molar-refractivity contribution in [1.29, 1.82) is 0 Å². The molecule has 1 aliphatic heterocycles. The summed E-state index contributed by atoms with van der Waals surface area (Å²) in [6.07, 6.45) is 1.02. The molecule has 0 unspecified atom stereocenters. The van der Waals surface area contributed by atoms with Crippen molar-refractivity contribution in [2.45, 2.75) is 26.4 Å². The van der Waals surface area contributed by atoms with Crippen LogP contribution in [0, 0.1) is 0 Å². The number of rotatable bonds is 8. The van der Waals surface area contributed by atoms with Gasteiger partial charge in [-0.1, -0.05) is 36.3 Å². The van der Waals surface area contributed by atoms with Crippen LogP contribution in [0.15, 0.2) is 47.0 Å². The molecule has 0 spiro atoms. The van der Waals surface area contributed by atoms with Crippen LogP contribution in [0.4, 0.5) is 0 Å². The van der Waals surface area contributed by atoms with E-state index in [0.717, 1.165) is 61.8 Å². The molecule has 31 heavy (non-hydrogen) atoms. The van der Waals surface area contributed by atoms with Crippen LogP contribution in [0.25, 0.3) is 11.4 Å². The van der Waals surface area contributed by atoms with Gasteiger partial charge in [-0.2, -0.15) is 4.98 Å². The van der Waals surface area contributed by atoms with Crippen LogP contribution in [-0.2, 0) is 19.5 Å². The number of piperazine rings is 1. The highest BCUT2D eigenvalue weighted by Gasteiger charge is 2.21. The lowest BCUT2D eigenvalue weighted by Crippen LogP contribution is -2.45. The fraction of sp³-hybridized carbons (Fsp3) is 0.417. The van der Waals surface area contributed by atoms with Crippen molar-refractivity contribution in [1.82, 2.24) is 19.9 Å². The van der Waals surface area contributed by atoms with E-state index in [1.54, 1.807) is 14.2 Å². The zero-order valence-electron chi connectivity index (χ0n) is 18.5. The third-order valence-corrected chi connectivity index (χ3v) is 5.79. The van der Waals surface area contributed by atoms with Gasteiger partial charge in [-0.05, 0) is 30.2 Å². The highest BCUT2D eigenvalue weighted by Crippen LogP contribution is 2.26. The predicted octanol–water partition coefficient (Wildman–Crippen LogP) is 3.63. The van der Waals surface area contributed by atoms with Crippen molar-refractivity contribution in [3.05, 3.63) is 59.5 Å². The van der Waals surface area contributed by atoms with Gasteiger partial charge in [-0.25, -0.2) is 0 Å². The summed E-state index contributed by atoms with van der Waals surface area (Å²) in [6.45, 7) is 7.52. The number of hydrogen-bond acceptors (Lipinski definition) is 7. The lowest BCUT2D eigenvalue weighted by molar-refractivity contribution is 0.111. The Morgan fingerprint density at radius 3 is 2.26 bits per heavy atom. The number of aromatic nitrogens is 2. The first-order valence-electron chi connectivity index (χ1n) is 10.8. The standard InChI is InChI=1S/C24H30N4O3/c1-4-18-5-7-19(8-6-18)24-25-23(31-26-24)17-28-13-11-27(12-14-28)16-20-15-21(29-2)9-10-22(20)30-3/h5-10,15H,4,11-14,16-17H2,1-3H3. The maximum Gasteiger partial charge on any atom is 0.241 e. The third-order valence-electron chi connectivity index (χ3n) is 5.79. The molecule has 1 fully saturated rings. The highest BCUT2D eigenvalue weighted by atomic mass is 16.5. The van der Waals surface area contributed by atoms with Crippen LogP contribution in [0.3, 0.4) is 0 Å². The molecule has 2 aromatic carbocycles. The van der Waals surface area contributed by atoms with Crippen LogP contribution < -0.4 is 9.47 Å². The van der Waals surface area contributed by atoms with E-state index >= 15 is 0 Å². The number of ether oxygens (including phenoxy) is 2. The van der Waals surface area contributed by atoms with Crippen molar-refractivity contribution < 1.29 is 14.0 Å². The van der Waals surface area contributed by atoms with Crippen molar-refractivity contribution >= 4 is 0 Å². The Hall–Kier alpha value is -2.90. The molecule has 0 bridgehead atoms. The Balaban J connectivity index is 1.31. The number of nitrogens with zero attached hydrogens (tertiary/aromatic N) is 4. The molecular formula is C24H30N4O3. The molecular weight excluding hydrogens is 392 g/mol. The summed E-state index contributed by atoms with van der Waals surface area (Å²) in [5.41, 5.74) is 3.44. The predicted molar refractivity (Wildman–Crippen MR) is 119 cm³/mol. The summed E-state index contributed by atoms with van der Waals surface area (Å²) in [6, 6.07) is 14.3. The van der Waals surface area contributed by atoms with E-state index in [9.17, 15) is 0 Å². The second-order valence-electron chi connectivity index (χ2n) is 7.79. The van der Waals surface area contributed by atoms with Crippen LogP contribution in [0.2, 0.25) is 0 Å². The molecule has 0 radical (unpaired) electrons. The van der Waals surface area contributed by atoms with Crippen LogP contribution in [0.1, 0.15) is 23.9 Å². The van der Waals surface area contributed by atoms with Crippen LogP contribution in [0.5, 0.6) is 11.5 Å². The summed E-state index contributed by atoms with van der Waals surface area (Å²) < 4.78 is 16.4. The van der Waals surface area contributed by atoms with Crippen molar-refractivity contribution in [2.24, 2.45) is 0 Å². The SMILES string of the molecule is CCc1ccc(-c2noc(CN3CCN(Cc4cc(OC)ccc4OC)CC3)n2)cc1. The van der Waals surface area contributed by atoms with Gasteiger partial charge in [0, 0.05) is 43.9 Å². The van der Waals surface area contributed by atoms with E-state index in [-0.39, 0.29) is 0 Å². The van der Waals surface area contributed by atoms with Crippen molar-refractivity contribution in [3.8, 4) is 22.9 Å². The molecule has 3 aromatic rings. The fourth-order valence-electron chi connectivity index (χ4n) is 3.87. The van der Waals surface area contributed by atoms with Crippen LogP contribution in [-0.4, -0.2) is 60.3 Å². The van der Waals surface area contributed by atoms with Gasteiger partial charge in [0.2, 0.25) is 11.7 Å². The minimum absolute atomic E-state index is 0.654. The summed E-state index contributed by atoms with van der Waals surface area (Å²) in [4.78, 5) is 9.39. The molecule has 1 aliphatic rings. The highest BCUT2D eigenvalue weighted by molar-refractivity contribution is 5.54. The zero-order chi connectivity index (χ0) is 21.6. The molecule has 1 saturated heterocycles. The Labute approximate surface area is 183 Å². The smallest absolute Gasteiger partial charge is 0.241 e. The summed E-state index contributed by atoms with van der Waals surface area (Å²) in [5.74, 6) is 3.07. The zero-order valence-corrected chi connectivity index (χ0v) is 18.5. The molecule has 0 amide bonds. The van der Waals surface area contributed by atoms with Gasteiger partial charge < -0.3 is 14.0 Å². The van der Waals surface area contributed by atoms with E-state index in [0.29, 0.717) is 18.3 Å². The summed E-state index contributed by atoms with van der Waals surface area (Å²) in [5, 5.41) is 4.16. The molecule has 0 saturated carbocycles. The molecule has 0 aliphatic carbocycles. The maximum atomic E-state index is 5.52. The Bertz CT molecular complexity index is 979. The molecule has 0 N–H and O–H groups in total. The molecule has 4 rings (SSSR count). The molecule has 7 nitrogen and oxygen atoms in total. The lowest BCUT2D eigenvalue weighted by atomic mass is 10.1. The van der Waals surface area contributed by atoms with Crippen molar-refractivity contribution in [2.75, 3.05) is 40.4 Å². The van der Waals surface area contributed by atoms with Gasteiger partial charge in [0.25, 0.3) is 0 Å². The number of aryl methyl sites for hydroxylation is 1. The van der Waals surface area contributed by atoms with E-state index in [4.69, 9.17) is 14.0 Å². The van der Waals surface area contributed by atoms with E-state index < -0.39 is 0 Å². The lowest BCUT2D eigenvalue weighted by Gasteiger charge is -2.34. The largest absolute Gasteiger partial charge is 0.497 e. The maximum absolute atomic E-state index is 5.52. The summed E-state index contributed by atoms with van der Waals surface area (Å²) in [7, 11) is 3.40. The average Bonchev–Trinajstić information content (AvgIpc) is 3.29. The van der Waals surface area contributed by atoms with E-state index in [1.165, 1.54) is 5.56 Å². The Morgan fingerprint density at radius 2 is 1.61 bits per heavy atom. The number of methoxy groups -OCH3 is 2. The van der Waals surface area contributed by atoms with Crippen molar-refractivity contribution in [3.63, 3.8) is 0 Å². The fourth-order valence-corrected chi connectivity index (χ4v) is 3.87. The number of benzene rings is 2. The monoisotopic (exact) mass is 422 g/mol. The van der Waals surface area contributed by atoms with Gasteiger partial charge in [0.15, 0.2) is 0 Å². The van der Waals surface area contributed by atoms with Gasteiger partial charge in [-0.15, -0.1) is 0 Å². The second-order valence-corrected chi connectivity index (χ2v) is 7.79. The van der Waals surface area contributed by atoms with E-state index in [1.807, 2.05) is 12.1 Å². The quantitative estimate of drug-likeness (QED) is 0.549. The third kappa shape index (κ3) is 5.24. The number of hydrogen-bond donors (Lipinski definition) is 0. The Morgan fingerprint density at radius 1 is 0.903 bits per heavy atom. The van der Waals surface area contributed by atoms with Crippen LogP contribution >= 0.6 is 0 Å². The van der Waals surface area contributed by atoms with Gasteiger partial charge in [-0.3, -0.25) is 9.80 Å². The first-order valence-corrected chi connectivity index (χ1v) is 10.8. The topological polar surface area (TPSA) is 63.9 Å². The molecule has 1 aromatic heterocycles. The van der Waals surface area contributed by atoms with E-state index in [2.05, 4.69) is 57.2 Å². The molecule has 7 heteroatoms. The first kappa shape index (κ1) is 21.3. The molecule has 0 atom stereocenters. The molecule has 2 heterocycles. The summed E-state index contributed by atoms with van der Waals surface area (Å²) >= 11 is 0. The van der Waals surface area contributed by atoms with Gasteiger partial charge in [0.1, 0.15) is 11.5 Å². The average molecular weight is 423 g/mol. The first-order chi connectivity index (χ1) is 15.2. The minimum Gasteiger partial charge on any atom is -0.497 e. The Kier molecular flexibility index (Phi) is 6.84. The van der Waals surface area contributed by atoms with Gasteiger partial charge >= 0.3 is 0 Å². The minimum atomic E-state index is 0.654. The second kappa shape index (κ2) is 9.94. The molecule has 164 valence electrons. The normalized spacial score (nSPS) is 15.2.